The summed E-state index contributed by atoms with van der Waals surface area (Å²) in [5.74, 6) is 0. The van der Waals surface area contributed by atoms with Crippen molar-refractivity contribution in [1.29, 1.82) is 5.26 Å². The second-order valence-electron chi connectivity index (χ2n) is 2.09. The first kappa shape index (κ1) is 10.3. The third-order valence-corrected chi connectivity index (χ3v) is 2.57. The van der Waals surface area contributed by atoms with Crippen LogP contribution >= 0.6 is 38.5 Å². The van der Waals surface area contributed by atoms with Crippen molar-refractivity contribution in [3.05, 3.63) is 36.2 Å². The number of benzene rings is 1. The quantitative estimate of drug-likeness (QED) is 0.328. The van der Waals surface area contributed by atoms with Crippen molar-refractivity contribution >= 4 is 44.2 Å². The highest BCUT2D eigenvalue weighted by molar-refractivity contribution is 14.1. The molecule has 0 unspecified atom stereocenters. The van der Waals surface area contributed by atoms with Gasteiger partial charge in [-0.05, 0) is 40.3 Å². The number of azide groups is 1. The van der Waals surface area contributed by atoms with Gasteiger partial charge in [-0.1, -0.05) is 21.0 Å². The van der Waals surface area contributed by atoms with Gasteiger partial charge in [-0.2, -0.15) is 5.26 Å². The van der Waals surface area contributed by atoms with Gasteiger partial charge in [0.2, 0.25) is 0 Å². The Hall–Kier alpha value is -0.770. The molecule has 0 saturated heterocycles. The van der Waals surface area contributed by atoms with Crippen LogP contribution < -0.4 is 0 Å². The molecule has 0 atom stereocenters. The minimum Gasteiger partial charge on any atom is -0.192 e. The van der Waals surface area contributed by atoms with Crippen molar-refractivity contribution in [2.24, 2.45) is 5.11 Å². The molecule has 0 amide bonds. The predicted octanol–water partition coefficient (Wildman–Crippen LogP) is 3.87. The fraction of sp³-hybridized carbons (Fsp3) is 0. The van der Waals surface area contributed by atoms with E-state index in [1.807, 2.05) is 28.7 Å². The molecule has 6 heteroatoms. The van der Waals surface area contributed by atoms with Crippen molar-refractivity contribution in [3.8, 4) is 6.07 Å². The summed E-state index contributed by atoms with van der Waals surface area (Å²) in [5.41, 5.74) is 9.02. The first-order valence-electron chi connectivity index (χ1n) is 3.13. The van der Waals surface area contributed by atoms with Crippen LogP contribution in [0.25, 0.3) is 10.4 Å². The van der Waals surface area contributed by atoms with Gasteiger partial charge in [0.25, 0.3) is 0 Å². The largest absolute Gasteiger partial charge is 0.192 e. The van der Waals surface area contributed by atoms with Gasteiger partial charge in [0, 0.05) is 13.0 Å². The Labute approximate surface area is 96.5 Å². The Balaban J connectivity index is 3.49. The number of hydrogen-bond acceptors (Lipinski definition) is 2. The maximum atomic E-state index is 8.74. The van der Waals surface area contributed by atoms with Crippen LogP contribution in [0.4, 0.5) is 5.69 Å². The third-order valence-electron chi connectivity index (χ3n) is 1.29. The smallest absolute Gasteiger partial charge is 0.0997 e. The Morgan fingerprint density at radius 1 is 1.62 bits per heavy atom. The zero-order valence-corrected chi connectivity index (χ0v) is 9.94. The van der Waals surface area contributed by atoms with Gasteiger partial charge in [0.15, 0.2) is 0 Å². The zero-order valence-electron chi connectivity index (χ0n) is 6.20. The lowest BCUT2D eigenvalue weighted by molar-refractivity contribution is 1.38. The molecular formula is C7H2BrIN4. The standard InChI is InChI=1S/C7H2BrIN4/c8-5-1-4(3-10)7(12-13-11)6(9)2-5/h1-2H. The van der Waals surface area contributed by atoms with E-state index >= 15 is 0 Å². The molecule has 0 heterocycles. The molecule has 0 aliphatic carbocycles. The molecule has 1 aromatic carbocycles. The fourth-order valence-electron chi connectivity index (χ4n) is 0.798. The number of halogens is 2. The molecule has 0 radical (unpaired) electrons. The number of rotatable bonds is 1. The lowest BCUT2D eigenvalue weighted by atomic mass is 10.2. The molecule has 0 fully saturated rings. The van der Waals surface area contributed by atoms with E-state index in [9.17, 15) is 0 Å². The zero-order chi connectivity index (χ0) is 9.84. The van der Waals surface area contributed by atoms with E-state index in [-0.39, 0.29) is 0 Å². The summed E-state index contributed by atoms with van der Waals surface area (Å²) in [6.07, 6.45) is 0. The van der Waals surface area contributed by atoms with Crippen molar-refractivity contribution in [3.63, 3.8) is 0 Å². The van der Waals surface area contributed by atoms with Gasteiger partial charge in [-0.15, -0.1) is 0 Å². The van der Waals surface area contributed by atoms with Crippen molar-refractivity contribution in [1.82, 2.24) is 0 Å². The van der Waals surface area contributed by atoms with Crippen LogP contribution in [0.1, 0.15) is 5.56 Å². The maximum Gasteiger partial charge on any atom is 0.0997 e. The van der Waals surface area contributed by atoms with Crippen molar-refractivity contribution in [2.45, 2.75) is 0 Å². The van der Waals surface area contributed by atoms with E-state index in [1.165, 1.54) is 0 Å². The summed E-state index contributed by atoms with van der Waals surface area (Å²) in [5, 5.41) is 12.2. The van der Waals surface area contributed by atoms with Gasteiger partial charge in [-0.3, -0.25) is 0 Å². The van der Waals surface area contributed by atoms with Crippen LogP contribution in [0.15, 0.2) is 21.7 Å². The highest BCUT2D eigenvalue weighted by Crippen LogP contribution is 2.29. The molecule has 1 aromatic rings. The van der Waals surface area contributed by atoms with Crippen LogP contribution in [0.5, 0.6) is 0 Å². The summed E-state index contributed by atoms with van der Waals surface area (Å²) in [6, 6.07) is 5.36. The minimum atomic E-state index is 0.372. The minimum absolute atomic E-state index is 0.372. The lowest BCUT2D eigenvalue weighted by Gasteiger charge is -2.00. The Bertz CT molecular complexity index is 431. The van der Waals surface area contributed by atoms with Gasteiger partial charge in [-0.25, -0.2) is 0 Å². The van der Waals surface area contributed by atoms with Crippen LogP contribution in [-0.4, -0.2) is 0 Å². The molecule has 1 rings (SSSR count). The van der Waals surface area contributed by atoms with E-state index in [0.29, 0.717) is 11.3 Å². The monoisotopic (exact) mass is 348 g/mol. The first-order valence-corrected chi connectivity index (χ1v) is 5.00. The van der Waals surface area contributed by atoms with Gasteiger partial charge >= 0.3 is 0 Å². The van der Waals surface area contributed by atoms with Crippen LogP contribution in [-0.2, 0) is 0 Å². The second kappa shape index (κ2) is 4.46. The average molecular weight is 349 g/mol. The van der Waals surface area contributed by atoms with Gasteiger partial charge < -0.3 is 0 Å². The summed E-state index contributed by atoms with van der Waals surface area (Å²) in [4.78, 5) is 2.66. The Morgan fingerprint density at radius 3 is 2.85 bits per heavy atom. The number of nitrogens with zero attached hydrogens (tertiary/aromatic N) is 4. The van der Waals surface area contributed by atoms with Gasteiger partial charge in [0.05, 0.1) is 17.3 Å². The van der Waals surface area contributed by atoms with E-state index in [4.69, 9.17) is 10.8 Å². The van der Waals surface area contributed by atoms with E-state index in [1.54, 1.807) is 12.1 Å². The predicted molar refractivity (Wildman–Crippen MR) is 60.4 cm³/mol. The topological polar surface area (TPSA) is 72.5 Å². The molecule has 0 spiro atoms. The third kappa shape index (κ3) is 2.34. The molecule has 0 bridgehead atoms. The van der Waals surface area contributed by atoms with Crippen molar-refractivity contribution in [2.75, 3.05) is 0 Å². The SMILES string of the molecule is N#Cc1cc(Br)cc(I)c1N=[N+]=[N-]. The van der Waals surface area contributed by atoms with Crippen LogP contribution in [0, 0.1) is 14.9 Å². The lowest BCUT2D eigenvalue weighted by Crippen LogP contribution is -1.80. The second-order valence-corrected chi connectivity index (χ2v) is 4.16. The number of nitriles is 1. The van der Waals surface area contributed by atoms with Crippen LogP contribution in [0.2, 0.25) is 0 Å². The molecule has 0 aliphatic rings. The molecule has 13 heavy (non-hydrogen) atoms. The summed E-state index contributed by atoms with van der Waals surface area (Å²) >= 11 is 5.26. The van der Waals surface area contributed by atoms with Gasteiger partial charge in [0.1, 0.15) is 0 Å². The molecule has 0 N–H and O–H groups in total. The maximum absolute atomic E-state index is 8.74. The Kier molecular flexibility index (Phi) is 3.54. The summed E-state index contributed by atoms with van der Waals surface area (Å²) in [6.45, 7) is 0. The number of hydrogen-bond donors (Lipinski definition) is 0. The highest BCUT2D eigenvalue weighted by Gasteiger charge is 2.05. The molecule has 0 saturated carbocycles. The highest BCUT2D eigenvalue weighted by atomic mass is 127. The molecule has 4 nitrogen and oxygen atoms in total. The molecule has 0 aromatic heterocycles. The Morgan fingerprint density at radius 2 is 2.31 bits per heavy atom. The fourth-order valence-corrected chi connectivity index (χ4v) is 2.42. The van der Waals surface area contributed by atoms with Crippen LogP contribution in [0.3, 0.4) is 0 Å². The molecular weight excluding hydrogens is 347 g/mol. The molecule has 0 aliphatic heterocycles. The summed E-state index contributed by atoms with van der Waals surface area (Å²) in [7, 11) is 0. The average Bonchev–Trinajstić information content (AvgIpc) is 2.09. The van der Waals surface area contributed by atoms with E-state index in [2.05, 4.69) is 26.0 Å². The van der Waals surface area contributed by atoms with E-state index in [0.717, 1.165) is 8.04 Å². The van der Waals surface area contributed by atoms with Crippen molar-refractivity contribution < 1.29 is 0 Å². The first-order chi connectivity index (χ1) is 6.19. The molecule has 64 valence electrons. The van der Waals surface area contributed by atoms with E-state index < -0.39 is 0 Å². The normalized spacial score (nSPS) is 8.69. The summed E-state index contributed by atoms with van der Waals surface area (Å²) < 4.78 is 1.55.